The topological polar surface area (TPSA) is 118 Å². The van der Waals surface area contributed by atoms with Crippen LogP contribution >= 0.6 is 0 Å². The first-order valence-electron chi connectivity index (χ1n) is 14.1. The number of nitrogens with one attached hydrogen (secondary N) is 3. The second-order valence-corrected chi connectivity index (χ2v) is 12.7. The number of rotatable bonds is 12. The molecule has 1 aliphatic carbocycles. The van der Waals surface area contributed by atoms with Crippen LogP contribution in [0.15, 0.2) is 83.9 Å². The Morgan fingerprint density at radius 3 is 2.62 bits per heavy atom. The van der Waals surface area contributed by atoms with Gasteiger partial charge in [0.2, 0.25) is 10.0 Å². The minimum absolute atomic E-state index is 0.266. The smallest absolute Gasteiger partial charge is 0.267 e. The Morgan fingerprint density at radius 2 is 1.86 bits per heavy atom. The molecule has 0 aliphatic heterocycles. The van der Waals surface area contributed by atoms with Gasteiger partial charge in [0, 0.05) is 48.5 Å². The lowest BCUT2D eigenvalue weighted by Gasteiger charge is -2.29. The molecule has 1 aliphatic rings. The number of H-pyrrole nitrogens is 1. The minimum atomic E-state index is -3.83. The summed E-state index contributed by atoms with van der Waals surface area (Å²) in [5, 5.41) is 13.2. The maximum Gasteiger partial charge on any atom is 0.267 e. The van der Waals surface area contributed by atoms with E-state index < -0.39 is 15.9 Å². The molecule has 3 aromatic carbocycles. The summed E-state index contributed by atoms with van der Waals surface area (Å²) in [4.78, 5) is 17.1. The maximum absolute atomic E-state index is 14.3. The highest BCUT2D eigenvalue weighted by Gasteiger charge is 2.36. The maximum atomic E-state index is 14.3. The number of carbonyl (C=O) groups is 1. The van der Waals surface area contributed by atoms with Crippen molar-refractivity contribution in [3.63, 3.8) is 0 Å². The molecule has 0 radical (unpaired) electrons. The molecule has 0 fully saturated rings. The predicted molar refractivity (Wildman–Crippen MR) is 166 cm³/mol. The fourth-order valence-electron chi connectivity index (χ4n) is 5.54. The number of hydroxylamine groups is 1. The van der Waals surface area contributed by atoms with Crippen LogP contribution in [-0.2, 0) is 27.7 Å². The number of likely N-dealkylation sites (N-methyl/N-ethyl adjacent to an activating group) is 1. The fourth-order valence-corrected chi connectivity index (χ4v) is 7.18. The molecule has 1 amide bonds. The lowest BCUT2D eigenvalue weighted by molar-refractivity contribution is -0.124. The molecule has 1 aromatic heterocycles. The van der Waals surface area contributed by atoms with Crippen LogP contribution in [0.25, 0.3) is 17.0 Å². The van der Waals surface area contributed by atoms with Gasteiger partial charge in [-0.3, -0.25) is 10.0 Å². The summed E-state index contributed by atoms with van der Waals surface area (Å²) in [6, 6.07) is 20.6. The van der Waals surface area contributed by atoms with E-state index in [1.54, 1.807) is 28.0 Å². The molecule has 42 heavy (non-hydrogen) atoms. The first kappa shape index (κ1) is 29.5. The number of amides is 1. The van der Waals surface area contributed by atoms with Crippen molar-refractivity contribution in [3.8, 4) is 0 Å². The number of nitrogens with zero attached hydrogens (tertiary/aromatic N) is 2. The molecule has 5 rings (SSSR count). The van der Waals surface area contributed by atoms with Gasteiger partial charge in [-0.25, -0.2) is 13.9 Å². The molecular weight excluding hydrogens is 550 g/mol. The highest BCUT2D eigenvalue weighted by molar-refractivity contribution is 7.89. The molecule has 0 saturated heterocycles. The number of aryl methyl sites for hydroxylation is 1. The minimum Gasteiger partial charge on any atom is -0.384 e. The zero-order valence-corrected chi connectivity index (χ0v) is 24.7. The lowest BCUT2D eigenvalue weighted by atomic mass is 10.0. The Balaban J connectivity index is 1.44. The van der Waals surface area contributed by atoms with E-state index in [9.17, 15) is 13.2 Å². The summed E-state index contributed by atoms with van der Waals surface area (Å²) in [5.41, 5.74) is 7.41. The Labute approximate surface area is 246 Å². The van der Waals surface area contributed by atoms with Gasteiger partial charge in [0.05, 0.1) is 10.9 Å². The van der Waals surface area contributed by atoms with E-state index in [1.165, 1.54) is 6.08 Å². The molecule has 1 heterocycles. The van der Waals surface area contributed by atoms with Crippen LogP contribution < -0.4 is 10.8 Å². The van der Waals surface area contributed by atoms with Crippen LogP contribution in [0.3, 0.4) is 0 Å². The summed E-state index contributed by atoms with van der Waals surface area (Å²) in [6.45, 7) is 1.96. The van der Waals surface area contributed by atoms with Crippen molar-refractivity contribution in [2.75, 3.05) is 39.0 Å². The average Bonchev–Trinajstić information content (AvgIpc) is 3.60. The Morgan fingerprint density at radius 1 is 1.07 bits per heavy atom. The number of benzene rings is 3. The standard InChI is InChI=1S/C32H37N5O4S/c1-36(2)20-18-33-26-10-12-27(13-11-26)42(40,41)37(19-17-25-22-34-30-6-4-3-5-28(25)30)31-15-9-24-21-23(7-14-29(24)31)8-16-32(38)35-39/h3-8,10-14,16,21-22,31,33-34,39H,9,15,17-20H2,1-2H3,(H,35,38). The molecule has 1 unspecified atom stereocenters. The number of para-hydroxylation sites is 1. The van der Waals surface area contributed by atoms with Gasteiger partial charge in [0.25, 0.3) is 5.91 Å². The lowest BCUT2D eigenvalue weighted by Crippen LogP contribution is -2.35. The number of carbonyl (C=O) groups excluding carboxylic acids is 1. The number of aromatic nitrogens is 1. The summed E-state index contributed by atoms with van der Waals surface area (Å²) < 4.78 is 30.2. The first-order valence-corrected chi connectivity index (χ1v) is 15.5. The summed E-state index contributed by atoms with van der Waals surface area (Å²) in [6.07, 6.45) is 6.80. The first-order chi connectivity index (χ1) is 20.3. The van der Waals surface area contributed by atoms with Crippen LogP contribution in [0.4, 0.5) is 5.69 Å². The zero-order chi connectivity index (χ0) is 29.7. The van der Waals surface area contributed by atoms with E-state index in [2.05, 4.69) is 21.3 Å². The van der Waals surface area contributed by atoms with Gasteiger partial charge in [-0.2, -0.15) is 4.31 Å². The summed E-state index contributed by atoms with van der Waals surface area (Å²) >= 11 is 0. The van der Waals surface area contributed by atoms with E-state index in [-0.39, 0.29) is 10.9 Å². The Bertz CT molecular complexity index is 1680. The molecule has 220 valence electrons. The molecule has 0 saturated carbocycles. The van der Waals surface area contributed by atoms with E-state index >= 15 is 0 Å². The van der Waals surface area contributed by atoms with Crippen LogP contribution in [0.2, 0.25) is 0 Å². The highest BCUT2D eigenvalue weighted by Crippen LogP contribution is 2.39. The Kier molecular flexibility index (Phi) is 9.08. The summed E-state index contributed by atoms with van der Waals surface area (Å²) in [5.74, 6) is -0.609. The van der Waals surface area contributed by atoms with E-state index in [1.807, 2.05) is 68.8 Å². The van der Waals surface area contributed by atoms with Gasteiger partial charge >= 0.3 is 0 Å². The third kappa shape index (κ3) is 6.57. The van der Waals surface area contributed by atoms with Crippen molar-refractivity contribution in [3.05, 3.63) is 101 Å². The van der Waals surface area contributed by atoms with Crippen molar-refractivity contribution in [2.24, 2.45) is 0 Å². The van der Waals surface area contributed by atoms with Crippen LogP contribution in [0, 0.1) is 0 Å². The van der Waals surface area contributed by atoms with Crippen molar-refractivity contribution in [2.45, 2.75) is 30.2 Å². The quantitative estimate of drug-likeness (QED) is 0.110. The van der Waals surface area contributed by atoms with Gasteiger partial charge in [0.15, 0.2) is 0 Å². The van der Waals surface area contributed by atoms with Gasteiger partial charge in [-0.15, -0.1) is 0 Å². The second kappa shape index (κ2) is 12.9. The van der Waals surface area contributed by atoms with Crippen molar-refractivity contribution >= 4 is 38.6 Å². The van der Waals surface area contributed by atoms with Crippen molar-refractivity contribution in [1.29, 1.82) is 0 Å². The van der Waals surface area contributed by atoms with Gasteiger partial charge in [0.1, 0.15) is 0 Å². The van der Waals surface area contributed by atoms with Gasteiger partial charge in [-0.1, -0.05) is 36.4 Å². The third-order valence-electron chi connectivity index (χ3n) is 7.72. The monoisotopic (exact) mass is 587 g/mol. The Hall–Kier alpha value is -3.96. The number of sulfonamides is 1. The molecule has 0 spiro atoms. The largest absolute Gasteiger partial charge is 0.384 e. The van der Waals surface area contributed by atoms with E-state index in [4.69, 9.17) is 5.21 Å². The number of aromatic amines is 1. The second-order valence-electron chi connectivity index (χ2n) is 10.8. The van der Waals surface area contributed by atoms with E-state index in [0.717, 1.165) is 58.4 Å². The number of hydrogen-bond donors (Lipinski definition) is 4. The number of fused-ring (bicyclic) bond motifs is 2. The molecular formula is C32H37N5O4S. The van der Waals surface area contributed by atoms with Crippen LogP contribution in [-0.4, -0.2) is 67.5 Å². The number of hydrogen-bond acceptors (Lipinski definition) is 6. The predicted octanol–water partition coefficient (Wildman–Crippen LogP) is 4.58. The van der Waals surface area contributed by atoms with Crippen molar-refractivity contribution in [1.82, 2.24) is 19.7 Å². The SMILES string of the molecule is CN(C)CCNc1ccc(S(=O)(=O)N(CCc2c[nH]c3ccccc23)C2CCc3cc(C=CC(=O)NO)ccc32)cc1. The van der Waals surface area contributed by atoms with Crippen molar-refractivity contribution < 1.29 is 18.4 Å². The van der Waals surface area contributed by atoms with Gasteiger partial charge in [-0.05, 0) is 92.0 Å². The molecule has 0 bridgehead atoms. The van der Waals surface area contributed by atoms with Crippen LogP contribution in [0.5, 0.6) is 0 Å². The normalized spacial score (nSPS) is 15.1. The molecule has 4 aromatic rings. The van der Waals surface area contributed by atoms with E-state index in [0.29, 0.717) is 19.4 Å². The fraction of sp³-hybridized carbons (Fsp3) is 0.281. The zero-order valence-electron chi connectivity index (χ0n) is 23.9. The molecule has 9 nitrogen and oxygen atoms in total. The third-order valence-corrected chi connectivity index (χ3v) is 9.65. The molecule has 1 atom stereocenters. The highest BCUT2D eigenvalue weighted by atomic mass is 32.2. The van der Waals surface area contributed by atoms with Gasteiger partial charge < -0.3 is 15.2 Å². The molecule has 4 N–H and O–H groups in total. The average molecular weight is 588 g/mol. The molecule has 10 heteroatoms. The van der Waals surface area contributed by atoms with Crippen LogP contribution in [0.1, 0.15) is 34.7 Å². The number of anilines is 1. The summed E-state index contributed by atoms with van der Waals surface area (Å²) in [7, 11) is 0.194.